The van der Waals surface area contributed by atoms with E-state index < -0.39 is 17.6 Å². The molecule has 0 bridgehead atoms. The zero-order chi connectivity index (χ0) is 21.9. The Morgan fingerprint density at radius 2 is 1.97 bits per heavy atom. The maximum absolute atomic E-state index is 15.0. The van der Waals surface area contributed by atoms with Crippen molar-refractivity contribution in [1.82, 2.24) is 4.98 Å². The topological polar surface area (TPSA) is 59.4 Å². The van der Waals surface area contributed by atoms with Gasteiger partial charge in [0.1, 0.15) is 17.4 Å². The molecule has 4 nitrogen and oxygen atoms in total. The van der Waals surface area contributed by atoms with Gasteiger partial charge in [-0.15, -0.1) is 0 Å². The predicted octanol–water partition coefficient (Wildman–Crippen LogP) is 5.51. The molecule has 0 amide bonds. The molecule has 0 saturated heterocycles. The average Bonchev–Trinajstić information content (AvgIpc) is 2.75. The third kappa shape index (κ3) is 2.93. The number of carbonyl (C=O) groups is 1. The second kappa shape index (κ2) is 7.01. The molecule has 0 radical (unpaired) electrons. The Balaban J connectivity index is 1.97. The minimum Gasteiger partial charge on any atom is -0.493 e. The summed E-state index contributed by atoms with van der Waals surface area (Å²) in [6.07, 6.45) is 2.17. The molecule has 0 fully saturated rings. The molecular weight excluding hydrogens is 400 g/mol. The average molecular weight is 419 g/mol. The molecule has 4 aromatic rings. The van der Waals surface area contributed by atoms with Gasteiger partial charge in [0.25, 0.3) is 0 Å². The summed E-state index contributed by atoms with van der Waals surface area (Å²) >= 11 is 0. The Bertz CT molecular complexity index is 1400. The molecule has 31 heavy (non-hydrogen) atoms. The number of carboxylic acid groups (broad SMARTS) is 1. The summed E-state index contributed by atoms with van der Waals surface area (Å²) < 4.78 is 35.4. The van der Waals surface area contributed by atoms with Gasteiger partial charge >= 0.3 is 5.97 Å². The molecule has 1 aliphatic rings. The second-order valence-corrected chi connectivity index (χ2v) is 7.91. The number of hydrogen-bond acceptors (Lipinski definition) is 3. The fourth-order valence-electron chi connectivity index (χ4n) is 4.54. The monoisotopic (exact) mass is 419 g/mol. The Morgan fingerprint density at radius 1 is 1.16 bits per heavy atom. The lowest BCUT2D eigenvalue weighted by Crippen LogP contribution is -2.10. The Kier molecular flexibility index (Phi) is 4.39. The van der Waals surface area contributed by atoms with Crippen LogP contribution in [0.15, 0.2) is 36.5 Å². The molecule has 156 valence electrons. The Morgan fingerprint density at radius 3 is 2.74 bits per heavy atom. The van der Waals surface area contributed by atoms with E-state index >= 15 is 4.39 Å². The zero-order valence-corrected chi connectivity index (χ0v) is 17.1. The molecule has 5 rings (SSSR count). The third-order valence-corrected chi connectivity index (χ3v) is 6.06. The fourth-order valence-corrected chi connectivity index (χ4v) is 4.54. The number of aliphatic carboxylic acids is 1. The van der Waals surface area contributed by atoms with Gasteiger partial charge < -0.3 is 9.84 Å². The number of aryl methyl sites for hydroxylation is 1. The first-order valence-corrected chi connectivity index (χ1v) is 10.0. The van der Waals surface area contributed by atoms with Crippen molar-refractivity contribution in [3.05, 3.63) is 70.4 Å². The molecule has 1 N–H and O–H groups in total. The number of pyridine rings is 1. The van der Waals surface area contributed by atoms with Gasteiger partial charge in [-0.25, -0.2) is 8.78 Å². The molecule has 0 spiro atoms. The maximum Gasteiger partial charge on any atom is 0.307 e. The van der Waals surface area contributed by atoms with Crippen LogP contribution < -0.4 is 4.74 Å². The van der Waals surface area contributed by atoms with Crippen molar-refractivity contribution in [2.75, 3.05) is 6.61 Å². The summed E-state index contributed by atoms with van der Waals surface area (Å²) in [5.74, 6) is -1.62. The van der Waals surface area contributed by atoms with E-state index in [0.29, 0.717) is 45.5 Å². The quantitative estimate of drug-likeness (QED) is 0.476. The van der Waals surface area contributed by atoms with Gasteiger partial charge in [0.05, 0.1) is 18.5 Å². The highest BCUT2D eigenvalue weighted by Crippen LogP contribution is 2.43. The lowest BCUT2D eigenvalue weighted by molar-refractivity contribution is -0.136. The van der Waals surface area contributed by atoms with Crippen LogP contribution in [0.2, 0.25) is 0 Å². The zero-order valence-electron chi connectivity index (χ0n) is 17.1. The summed E-state index contributed by atoms with van der Waals surface area (Å²) in [5.41, 5.74) is 3.93. The van der Waals surface area contributed by atoms with E-state index in [4.69, 9.17) is 4.74 Å². The second-order valence-electron chi connectivity index (χ2n) is 7.91. The molecule has 0 unspecified atom stereocenters. The van der Waals surface area contributed by atoms with Crippen molar-refractivity contribution >= 4 is 27.6 Å². The Labute approximate surface area is 177 Å². The minimum atomic E-state index is -1.02. The van der Waals surface area contributed by atoms with Gasteiger partial charge in [-0.1, -0.05) is 0 Å². The van der Waals surface area contributed by atoms with Gasteiger partial charge in [0, 0.05) is 34.5 Å². The molecular formula is C25H19F2NO3. The van der Waals surface area contributed by atoms with E-state index in [9.17, 15) is 14.3 Å². The van der Waals surface area contributed by atoms with Crippen LogP contribution in [0.1, 0.15) is 22.3 Å². The van der Waals surface area contributed by atoms with Gasteiger partial charge in [-0.05, 0) is 71.8 Å². The van der Waals surface area contributed by atoms with Crippen LogP contribution >= 0.6 is 0 Å². The summed E-state index contributed by atoms with van der Waals surface area (Å²) in [7, 11) is 0. The van der Waals surface area contributed by atoms with Crippen LogP contribution in [0, 0.1) is 25.5 Å². The van der Waals surface area contributed by atoms with Gasteiger partial charge in [0.2, 0.25) is 0 Å². The Hall–Kier alpha value is -3.54. The van der Waals surface area contributed by atoms with Crippen molar-refractivity contribution in [3.8, 4) is 16.9 Å². The van der Waals surface area contributed by atoms with Crippen LogP contribution in [0.25, 0.3) is 32.8 Å². The standard InChI is InChI=1S/C25H19F2NO3/c1-12-9-18-17(10-19(26)13(2)24(18)27)23(16(12)11-21(29)30)15-3-4-20-22-14(6-8-31-20)5-7-28-25(15)22/h3-5,7,9-10H,6,8,11H2,1-2H3,(H,29,30). The largest absolute Gasteiger partial charge is 0.493 e. The van der Waals surface area contributed by atoms with Crippen LogP contribution in [0.5, 0.6) is 5.75 Å². The normalized spacial score (nSPS) is 12.9. The molecule has 1 aliphatic heterocycles. The summed E-state index contributed by atoms with van der Waals surface area (Å²) in [4.78, 5) is 16.2. The number of hydrogen-bond donors (Lipinski definition) is 1. The van der Waals surface area contributed by atoms with E-state index in [2.05, 4.69) is 4.98 Å². The number of nitrogens with zero attached hydrogens (tertiary/aromatic N) is 1. The van der Waals surface area contributed by atoms with E-state index in [1.807, 2.05) is 12.1 Å². The molecule has 1 aromatic heterocycles. The van der Waals surface area contributed by atoms with E-state index in [1.54, 1.807) is 25.3 Å². The first kappa shape index (κ1) is 19.4. The minimum absolute atomic E-state index is 0.0627. The molecule has 2 heterocycles. The van der Waals surface area contributed by atoms with Crippen molar-refractivity contribution in [1.29, 1.82) is 0 Å². The first-order chi connectivity index (χ1) is 14.9. The van der Waals surface area contributed by atoms with E-state index in [0.717, 1.165) is 17.4 Å². The number of ether oxygens (including phenoxy) is 1. The van der Waals surface area contributed by atoms with Crippen LogP contribution in [-0.2, 0) is 17.6 Å². The summed E-state index contributed by atoms with van der Waals surface area (Å²) in [6.45, 7) is 3.71. The maximum atomic E-state index is 15.0. The van der Waals surface area contributed by atoms with E-state index in [1.165, 1.54) is 13.0 Å². The highest BCUT2D eigenvalue weighted by molar-refractivity contribution is 6.08. The van der Waals surface area contributed by atoms with Gasteiger partial charge in [-0.2, -0.15) is 0 Å². The number of carboxylic acids is 1. The van der Waals surface area contributed by atoms with Crippen LogP contribution in [0.4, 0.5) is 8.78 Å². The number of benzene rings is 3. The molecule has 0 saturated carbocycles. The predicted molar refractivity (Wildman–Crippen MR) is 115 cm³/mol. The lowest BCUT2D eigenvalue weighted by atomic mass is 9.86. The SMILES string of the molecule is Cc1cc2c(F)c(C)c(F)cc2c(-c2ccc3c4c(ccnc24)CCO3)c1CC(=O)O. The smallest absolute Gasteiger partial charge is 0.307 e. The van der Waals surface area contributed by atoms with Crippen LogP contribution in [-0.4, -0.2) is 22.7 Å². The molecule has 0 aliphatic carbocycles. The number of fused-ring (bicyclic) bond motifs is 1. The summed E-state index contributed by atoms with van der Waals surface area (Å²) in [5, 5.41) is 11.0. The lowest BCUT2D eigenvalue weighted by Gasteiger charge is -2.22. The highest BCUT2D eigenvalue weighted by Gasteiger charge is 2.24. The molecule has 0 atom stereocenters. The van der Waals surface area contributed by atoms with Crippen molar-refractivity contribution in [2.45, 2.75) is 26.7 Å². The molecule has 3 aromatic carbocycles. The number of rotatable bonds is 3. The third-order valence-electron chi connectivity index (χ3n) is 6.06. The first-order valence-electron chi connectivity index (χ1n) is 10.0. The van der Waals surface area contributed by atoms with Gasteiger partial charge in [-0.3, -0.25) is 9.78 Å². The summed E-state index contributed by atoms with van der Waals surface area (Å²) in [6, 6.07) is 8.45. The van der Waals surface area contributed by atoms with Crippen molar-refractivity contribution in [3.63, 3.8) is 0 Å². The number of aromatic nitrogens is 1. The molecule has 6 heteroatoms. The fraction of sp³-hybridized carbons (Fsp3) is 0.200. The van der Waals surface area contributed by atoms with E-state index in [-0.39, 0.29) is 17.4 Å². The highest BCUT2D eigenvalue weighted by atomic mass is 19.1. The van der Waals surface area contributed by atoms with Crippen LogP contribution in [0.3, 0.4) is 0 Å². The van der Waals surface area contributed by atoms with Crippen molar-refractivity contribution in [2.24, 2.45) is 0 Å². The van der Waals surface area contributed by atoms with Gasteiger partial charge in [0.15, 0.2) is 0 Å². The van der Waals surface area contributed by atoms with Crippen molar-refractivity contribution < 1.29 is 23.4 Å². The number of halogens is 2.